The van der Waals surface area contributed by atoms with Crippen LogP contribution in [0.2, 0.25) is 10.6 Å². The first-order valence-electron chi connectivity index (χ1n) is 10.9. The van der Waals surface area contributed by atoms with Gasteiger partial charge in [0.05, 0.1) is 0 Å². The van der Waals surface area contributed by atoms with Gasteiger partial charge >= 0.3 is 192 Å². The summed E-state index contributed by atoms with van der Waals surface area (Å²) in [5, 5.41) is 3.25. The third kappa shape index (κ3) is 4.64. The first kappa shape index (κ1) is 31.7. The number of hydrogen-bond donors (Lipinski definition) is 0. The molecule has 0 fully saturated rings. The number of allylic oxidation sites excluding steroid dienone is 4. The van der Waals surface area contributed by atoms with Gasteiger partial charge in [0, 0.05) is 0 Å². The summed E-state index contributed by atoms with van der Waals surface area (Å²) < 4.78 is 1.59. The molecule has 3 atom stereocenters. The molecule has 172 valence electrons. The Bertz CT molecular complexity index is 953. The van der Waals surface area contributed by atoms with E-state index in [0.717, 1.165) is 0 Å². The Labute approximate surface area is 227 Å². The average Bonchev–Trinajstić information content (AvgIpc) is 2.84. The van der Waals surface area contributed by atoms with Crippen molar-refractivity contribution < 1.29 is 57.7 Å². The van der Waals surface area contributed by atoms with Crippen molar-refractivity contribution in [2.24, 2.45) is 0 Å². The Balaban J connectivity index is 0.00000320. The van der Waals surface area contributed by atoms with Gasteiger partial charge in [-0.25, -0.2) is 0 Å². The van der Waals surface area contributed by atoms with E-state index >= 15 is 0 Å². The van der Waals surface area contributed by atoms with Crippen LogP contribution in [0.15, 0.2) is 69.1 Å². The molecule has 0 N–H and O–H groups in total. The van der Waals surface area contributed by atoms with E-state index in [1.54, 1.807) is 19.8 Å². The Kier molecular flexibility index (Phi) is 11.8. The topological polar surface area (TPSA) is 0 Å². The molecule has 1 aliphatic carbocycles. The minimum Gasteiger partial charge on any atom is -1.00 e. The summed E-state index contributed by atoms with van der Waals surface area (Å²) in [5.74, 6) is 0. The molecule has 0 heterocycles. The zero-order chi connectivity index (χ0) is 21.6. The summed E-state index contributed by atoms with van der Waals surface area (Å²) in [7, 11) is -2.23. The number of benzene rings is 2. The minimum absolute atomic E-state index is 0. The standard InChI is InChI=1S/C27H35Si.3ClH.Ti/c1-9-22(5)28(25-13-11-10-12-14-25,26-16-19(2)15-20(3)17-26)27(8)18-21(4)23(6)24(27)7;;;;/h10-17,22H,9H2,1-8H3;3*1H;/q;;;;+3/p-3. The third-order valence-corrected chi connectivity index (χ3v) is 16.1. The van der Waals surface area contributed by atoms with Gasteiger partial charge in [-0.3, -0.25) is 0 Å². The molecule has 0 aromatic heterocycles. The Morgan fingerprint density at radius 1 is 0.812 bits per heavy atom. The first-order chi connectivity index (χ1) is 13.6. The van der Waals surface area contributed by atoms with Gasteiger partial charge in [-0.2, -0.15) is 0 Å². The van der Waals surface area contributed by atoms with Crippen LogP contribution < -0.4 is 47.6 Å². The number of rotatable bonds is 5. The summed E-state index contributed by atoms with van der Waals surface area (Å²) in [6, 6.07) is 18.8. The smallest absolute Gasteiger partial charge is 1.00 e. The van der Waals surface area contributed by atoms with Gasteiger partial charge in [0.25, 0.3) is 0 Å². The minimum atomic E-state index is -2.23. The van der Waals surface area contributed by atoms with Crippen LogP contribution in [0.1, 0.15) is 59.1 Å². The molecular formula is C27H35Cl3SiTi. The summed E-state index contributed by atoms with van der Waals surface area (Å²) >= 11 is 2.41. The zero-order valence-corrected chi connectivity index (χ0v) is 25.4. The molecule has 5 heteroatoms. The fourth-order valence-corrected chi connectivity index (χ4v) is 14.6. The van der Waals surface area contributed by atoms with Crippen LogP contribution in [0.3, 0.4) is 0 Å². The largest absolute Gasteiger partial charge is 1.00 e. The van der Waals surface area contributed by atoms with E-state index in [2.05, 4.69) is 124 Å². The molecule has 3 unspecified atom stereocenters. The Hall–Kier alpha value is -0.279. The summed E-state index contributed by atoms with van der Waals surface area (Å²) in [6.07, 6.45) is 1.20. The van der Waals surface area contributed by atoms with Gasteiger partial charge in [-0.15, -0.1) is 0 Å². The van der Waals surface area contributed by atoms with Gasteiger partial charge in [-0.1, -0.05) is 0 Å². The number of halogens is 3. The molecule has 1 aliphatic rings. The molecule has 2 aromatic carbocycles. The fraction of sp³-hybridized carbons (Fsp3) is 0.407. The van der Waals surface area contributed by atoms with Crippen LogP contribution in [0.25, 0.3) is 0 Å². The predicted molar refractivity (Wildman–Crippen MR) is 127 cm³/mol. The van der Waals surface area contributed by atoms with Gasteiger partial charge in [0.1, 0.15) is 0 Å². The molecule has 2 aromatic rings. The van der Waals surface area contributed by atoms with Crippen molar-refractivity contribution >= 4 is 18.4 Å². The molecule has 0 nitrogen and oxygen atoms in total. The van der Waals surface area contributed by atoms with Crippen molar-refractivity contribution in [3.8, 4) is 0 Å². The van der Waals surface area contributed by atoms with Gasteiger partial charge in [0.15, 0.2) is 0 Å². The van der Waals surface area contributed by atoms with E-state index in [1.165, 1.54) is 28.7 Å². The Morgan fingerprint density at radius 2 is 1.31 bits per heavy atom. The van der Waals surface area contributed by atoms with E-state index < -0.39 is 8.07 Å². The second-order valence-electron chi connectivity index (χ2n) is 9.23. The van der Waals surface area contributed by atoms with E-state index in [9.17, 15) is 0 Å². The fourth-order valence-electron chi connectivity index (χ4n) is 5.91. The van der Waals surface area contributed by atoms with E-state index in [1.807, 2.05) is 0 Å². The Morgan fingerprint density at radius 3 is 1.72 bits per heavy atom. The second-order valence-corrected chi connectivity index (χ2v) is 14.8. The number of aryl methyl sites for hydroxylation is 2. The van der Waals surface area contributed by atoms with E-state index in [0.29, 0.717) is 5.54 Å². The van der Waals surface area contributed by atoms with E-state index in [4.69, 9.17) is 0 Å². The van der Waals surface area contributed by atoms with Gasteiger partial charge in [0.2, 0.25) is 0 Å². The molecule has 0 aliphatic heterocycles. The van der Waals surface area contributed by atoms with Crippen molar-refractivity contribution in [1.29, 1.82) is 0 Å². The summed E-state index contributed by atoms with van der Waals surface area (Å²) in [6.45, 7) is 19.1. The third-order valence-electron chi connectivity index (χ3n) is 7.80. The van der Waals surface area contributed by atoms with Crippen molar-refractivity contribution in [1.82, 2.24) is 0 Å². The number of hydrogen-bond acceptors (Lipinski definition) is 0. The molecule has 0 radical (unpaired) electrons. The molecule has 0 bridgehead atoms. The maximum atomic E-state index is 2.57. The zero-order valence-electron chi connectivity index (χ0n) is 20.5. The van der Waals surface area contributed by atoms with Crippen LogP contribution >= 0.6 is 0 Å². The van der Waals surface area contributed by atoms with Crippen LogP contribution in [0, 0.1) is 13.8 Å². The van der Waals surface area contributed by atoms with Gasteiger partial charge in [-0.05, 0) is 0 Å². The predicted octanol–water partition coefficient (Wildman–Crippen LogP) is -2.39. The maximum Gasteiger partial charge on any atom is -1.00 e. The van der Waals surface area contributed by atoms with Crippen molar-refractivity contribution in [2.45, 2.75) is 72.4 Å². The van der Waals surface area contributed by atoms with Crippen LogP contribution in [-0.4, -0.2) is 8.07 Å². The van der Waals surface area contributed by atoms with Crippen molar-refractivity contribution in [2.75, 3.05) is 0 Å². The van der Waals surface area contributed by atoms with Crippen molar-refractivity contribution in [3.63, 3.8) is 0 Å². The second kappa shape index (κ2) is 11.9. The van der Waals surface area contributed by atoms with Crippen LogP contribution in [-0.2, 0) is 20.4 Å². The quantitative estimate of drug-likeness (QED) is 0.371. The molecule has 0 amide bonds. The summed E-state index contributed by atoms with van der Waals surface area (Å²) in [4.78, 5) is 0. The molecule has 32 heavy (non-hydrogen) atoms. The average molecular weight is 542 g/mol. The maximum absolute atomic E-state index is 2.57. The van der Waals surface area contributed by atoms with Gasteiger partial charge < -0.3 is 37.2 Å². The molecule has 0 saturated heterocycles. The summed E-state index contributed by atoms with van der Waals surface area (Å²) in [5.41, 5.74) is 7.99. The molecular weight excluding hydrogens is 507 g/mol. The van der Waals surface area contributed by atoms with Crippen LogP contribution in [0.4, 0.5) is 0 Å². The SMILES string of the molecule is CCC(C)[Si](c1ccccc1)(c1cc(C)cc(C)c1)C1(C)C(C)=C(C)C(C)=[C]1[Ti+3].[Cl-].[Cl-].[Cl-]. The molecule has 0 saturated carbocycles. The van der Waals surface area contributed by atoms with Crippen molar-refractivity contribution in [3.05, 3.63) is 80.3 Å². The normalized spacial score (nSPS) is 20.7. The first-order valence-corrected chi connectivity index (χ1v) is 13.7. The molecule has 3 rings (SSSR count). The monoisotopic (exact) mass is 540 g/mol. The van der Waals surface area contributed by atoms with Crippen LogP contribution in [0.5, 0.6) is 0 Å². The van der Waals surface area contributed by atoms with E-state index in [-0.39, 0.29) is 42.3 Å². The molecule has 0 spiro atoms.